The number of esters is 1. The highest BCUT2D eigenvalue weighted by molar-refractivity contribution is 6.05. The topological polar surface area (TPSA) is 68.2 Å². The zero-order valence-corrected chi connectivity index (χ0v) is 15.6. The first-order chi connectivity index (χ1) is 13.0. The van der Waals surface area contributed by atoms with Crippen LogP contribution in [0.25, 0.3) is 11.1 Å². The fourth-order valence-electron chi connectivity index (χ4n) is 3.33. The predicted molar refractivity (Wildman–Crippen MR) is 103 cm³/mol. The van der Waals surface area contributed by atoms with Crippen LogP contribution in [-0.2, 0) is 14.4 Å². The van der Waals surface area contributed by atoms with Gasteiger partial charge in [0.1, 0.15) is 13.2 Å². The molecule has 0 saturated carbocycles. The van der Waals surface area contributed by atoms with Crippen LogP contribution < -0.4 is 0 Å². The van der Waals surface area contributed by atoms with Crippen molar-refractivity contribution in [3.63, 3.8) is 0 Å². The van der Waals surface area contributed by atoms with Gasteiger partial charge >= 0.3 is 5.97 Å². The van der Waals surface area contributed by atoms with Gasteiger partial charge in [0.25, 0.3) is 5.91 Å². The number of benzene rings is 2. The Bertz CT molecular complexity index is 877. The van der Waals surface area contributed by atoms with Gasteiger partial charge in [-0.25, -0.2) is 4.79 Å². The smallest absolute Gasteiger partial charge is 0.329 e. The van der Waals surface area contributed by atoms with E-state index in [2.05, 4.69) is 5.16 Å². The molecule has 1 atom stereocenters. The normalized spacial score (nSPS) is 17.8. The number of oxime groups is 1. The summed E-state index contributed by atoms with van der Waals surface area (Å²) in [6.45, 7) is 2.14. The number of amides is 1. The van der Waals surface area contributed by atoms with E-state index in [4.69, 9.17) is 9.57 Å². The number of nitrogens with zero attached hydrogens (tertiary/aromatic N) is 2. The van der Waals surface area contributed by atoms with E-state index < -0.39 is 12.0 Å². The Morgan fingerprint density at radius 1 is 1.07 bits per heavy atom. The maximum absolute atomic E-state index is 13.1. The lowest BCUT2D eigenvalue weighted by molar-refractivity contribution is -0.145. The number of carbonyl (C=O) groups excluding carboxylic acids is 2. The number of ether oxygens (including phenoxy) is 1. The van der Waals surface area contributed by atoms with Crippen LogP contribution in [0, 0.1) is 6.92 Å². The number of hydrogen-bond donors (Lipinski definition) is 0. The lowest BCUT2D eigenvalue weighted by Gasteiger charge is -2.23. The number of methoxy groups -OCH3 is 1. The van der Waals surface area contributed by atoms with Crippen LogP contribution in [-0.4, -0.2) is 49.3 Å². The maximum Gasteiger partial charge on any atom is 0.329 e. The molecule has 6 nitrogen and oxygen atoms in total. The predicted octanol–water partition coefficient (Wildman–Crippen LogP) is 3.05. The third-order valence-electron chi connectivity index (χ3n) is 4.68. The van der Waals surface area contributed by atoms with Crippen molar-refractivity contribution in [2.75, 3.05) is 20.8 Å². The molecule has 1 heterocycles. The zero-order chi connectivity index (χ0) is 19.4. The summed E-state index contributed by atoms with van der Waals surface area (Å²) < 4.78 is 4.86. The van der Waals surface area contributed by atoms with Gasteiger partial charge in [0.2, 0.25) is 0 Å². The van der Waals surface area contributed by atoms with Crippen LogP contribution in [0.3, 0.4) is 0 Å². The Balaban J connectivity index is 1.90. The summed E-state index contributed by atoms with van der Waals surface area (Å²) in [7, 11) is 2.76. The molecule has 0 aromatic heterocycles. The summed E-state index contributed by atoms with van der Waals surface area (Å²) in [6, 6.07) is 15.0. The van der Waals surface area contributed by atoms with Crippen molar-refractivity contribution >= 4 is 17.6 Å². The fraction of sp³-hybridized carbons (Fsp3) is 0.286. The molecule has 0 spiro atoms. The average Bonchev–Trinajstić information content (AvgIpc) is 3.11. The number of rotatable bonds is 4. The molecule has 2 aromatic rings. The summed E-state index contributed by atoms with van der Waals surface area (Å²) in [5.41, 5.74) is 4.17. The molecule has 1 amide bonds. The standard InChI is InChI=1S/C21H22N2O4/c1-14-11-16(15-7-5-4-6-8-15)9-10-18(14)20(24)23-13-17(22-27-3)12-19(23)21(25)26-2/h4-11,19H,12-13H2,1-3H3/b22-17+/t19-/m0/s1. The van der Waals surface area contributed by atoms with Crippen LogP contribution in [0.2, 0.25) is 0 Å². The third-order valence-corrected chi connectivity index (χ3v) is 4.68. The second-order valence-electron chi connectivity index (χ2n) is 6.41. The first-order valence-electron chi connectivity index (χ1n) is 8.69. The minimum Gasteiger partial charge on any atom is -0.467 e. The number of aryl methyl sites for hydroxylation is 1. The monoisotopic (exact) mass is 366 g/mol. The molecule has 1 aliphatic heterocycles. The van der Waals surface area contributed by atoms with Crippen molar-refractivity contribution in [1.29, 1.82) is 0 Å². The highest BCUT2D eigenvalue weighted by Gasteiger charge is 2.39. The minimum absolute atomic E-state index is 0.219. The summed E-state index contributed by atoms with van der Waals surface area (Å²) >= 11 is 0. The van der Waals surface area contributed by atoms with Crippen molar-refractivity contribution in [2.45, 2.75) is 19.4 Å². The Morgan fingerprint density at radius 2 is 1.81 bits per heavy atom. The molecule has 0 N–H and O–H groups in total. The van der Waals surface area contributed by atoms with Crippen molar-refractivity contribution in [3.8, 4) is 11.1 Å². The molecular formula is C21H22N2O4. The lowest BCUT2D eigenvalue weighted by Crippen LogP contribution is -2.41. The number of hydrogen-bond acceptors (Lipinski definition) is 5. The second-order valence-corrected chi connectivity index (χ2v) is 6.41. The van der Waals surface area contributed by atoms with Gasteiger partial charge in [-0.2, -0.15) is 0 Å². The van der Waals surface area contributed by atoms with Crippen molar-refractivity contribution in [2.24, 2.45) is 5.16 Å². The van der Waals surface area contributed by atoms with E-state index in [0.717, 1.165) is 16.7 Å². The van der Waals surface area contributed by atoms with E-state index in [-0.39, 0.29) is 12.5 Å². The van der Waals surface area contributed by atoms with Gasteiger partial charge in [-0.05, 0) is 29.7 Å². The molecule has 0 bridgehead atoms. The van der Waals surface area contributed by atoms with E-state index in [1.807, 2.05) is 49.4 Å². The van der Waals surface area contributed by atoms with Gasteiger partial charge in [-0.3, -0.25) is 4.79 Å². The molecule has 1 fully saturated rings. The molecule has 0 aliphatic carbocycles. The van der Waals surface area contributed by atoms with Gasteiger partial charge in [0.05, 0.1) is 19.4 Å². The van der Waals surface area contributed by atoms with E-state index in [9.17, 15) is 9.59 Å². The average molecular weight is 366 g/mol. The van der Waals surface area contributed by atoms with Crippen LogP contribution in [0.4, 0.5) is 0 Å². The molecule has 2 aromatic carbocycles. The highest BCUT2D eigenvalue weighted by atomic mass is 16.6. The maximum atomic E-state index is 13.1. The van der Waals surface area contributed by atoms with Crippen molar-refractivity contribution in [3.05, 3.63) is 59.7 Å². The van der Waals surface area contributed by atoms with E-state index >= 15 is 0 Å². The Labute approximate surface area is 158 Å². The summed E-state index contributed by atoms with van der Waals surface area (Å²) in [5.74, 6) is -0.674. The Hall–Kier alpha value is -3.15. The lowest BCUT2D eigenvalue weighted by atomic mass is 9.99. The van der Waals surface area contributed by atoms with E-state index in [1.165, 1.54) is 19.1 Å². The van der Waals surface area contributed by atoms with Gasteiger partial charge in [0.15, 0.2) is 0 Å². The largest absolute Gasteiger partial charge is 0.467 e. The molecular weight excluding hydrogens is 344 g/mol. The van der Waals surface area contributed by atoms with Crippen molar-refractivity contribution in [1.82, 2.24) is 4.90 Å². The zero-order valence-electron chi connectivity index (χ0n) is 15.6. The van der Waals surface area contributed by atoms with Crippen LogP contribution >= 0.6 is 0 Å². The second kappa shape index (κ2) is 8.03. The highest BCUT2D eigenvalue weighted by Crippen LogP contribution is 2.25. The Morgan fingerprint density at radius 3 is 2.44 bits per heavy atom. The van der Waals surface area contributed by atoms with Gasteiger partial charge < -0.3 is 14.5 Å². The van der Waals surface area contributed by atoms with Gasteiger partial charge in [-0.1, -0.05) is 47.6 Å². The summed E-state index contributed by atoms with van der Waals surface area (Å²) in [6.07, 6.45) is 0.313. The molecule has 27 heavy (non-hydrogen) atoms. The SMILES string of the molecule is CO/N=C1\C[C@@H](C(=O)OC)N(C(=O)c2ccc(-c3ccccc3)cc2C)C1. The molecule has 0 radical (unpaired) electrons. The number of likely N-dealkylation sites (tertiary alicyclic amines) is 1. The first-order valence-corrected chi connectivity index (χ1v) is 8.69. The molecule has 1 aliphatic rings. The third kappa shape index (κ3) is 3.84. The fourth-order valence-corrected chi connectivity index (χ4v) is 3.33. The van der Waals surface area contributed by atoms with E-state index in [1.54, 1.807) is 6.07 Å². The van der Waals surface area contributed by atoms with Gasteiger partial charge in [-0.15, -0.1) is 0 Å². The molecule has 140 valence electrons. The quantitative estimate of drug-likeness (QED) is 0.616. The number of carbonyl (C=O) groups is 2. The molecule has 3 rings (SSSR count). The van der Waals surface area contributed by atoms with Crippen LogP contribution in [0.5, 0.6) is 0 Å². The van der Waals surface area contributed by atoms with Crippen LogP contribution in [0.1, 0.15) is 22.3 Å². The first kappa shape index (κ1) is 18.6. The molecule has 6 heteroatoms. The summed E-state index contributed by atoms with van der Waals surface area (Å²) in [4.78, 5) is 31.5. The molecule has 1 saturated heterocycles. The Kier molecular flexibility index (Phi) is 5.54. The van der Waals surface area contributed by atoms with Crippen LogP contribution in [0.15, 0.2) is 53.7 Å². The summed E-state index contributed by atoms with van der Waals surface area (Å²) in [5, 5.41) is 3.91. The van der Waals surface area contributed by atoms with Gasteiger partial charge in [0, 0.05) is 12.0 Å². The van der Waals surface area contributed by atoms with E-state index in [0.29, 0.717) is 17.7 Å². The minimum atomic E-state index is -0.690. The van der Waals surface area contributed by atoms with Crippen molar-refractivity contribution < 1.29 is 19.2 Å². The molecule has 0 unspecified atom stereocenters.